The number of fused-ring (bicyclic) bond motifs is 1. The number of aromatic nitrogens is 3. The molecule has 2 N–H and O–H groups in total. The summed E-state index contributed by atoms with van der Waals surface area (Å²) in [5.74, 6) is -5.01. The average Bonchev–Trinajstić information content (AvgIpc) is 3.03. The van der Waals surface area contributed by atoms with E-state index in [1.165, 1.54) is 4.90 Å². The van der Waals surface area contributed by atoms with Gasteiger partial charge < -0.3 is 15.2 Å². The van der Waals surface area contributed by atoms with E-state index in [9.17, 15) is 31.1 Å². The summed E-state index contributed by atoms with van der Waals surface area (Å²) in [6.07, 6.45) is -5.39. The molecule has 1 aliphatic heterocycles. The minimum Gasteiger partial charge on any atom is -0.333 e. The van der Waals surface area contributed by atoms with E-state index in [4.69, 9.17) is 5.73 Å². The van der Waals surface area contributed by atoms with Gasteiger partial charge in [0.05, 0.1) is 6.54 Å². The second kappa shape index (κ2) is 7.57. The van der Waals surface area contributed by atoms with E-state index in [1.807, 2.05) is 0 Å². The van der Waals surface area contributed by atoms with Gasteiger partial charge in [-0.25, -0.2) is 13.2 Å². The van der Waals surface area contributed by atoms with Crippen LogP contribution in [0.15, 0.2) is 23.8 Å². The number of hydrogen-bond donors (Lipinski definition) is 1. The first-order valence-electron chi connectivity index (χ1n) is 8.48. The summed E-state index contributed by atoms with van der Waals surface area (Å²) < 4.78 is 79.5. The van der Waals surface area contributed by atoms with Crippen LogP contribution < -0.4 is 5.73 Å². The van der Waals surface area contributed by atoms with Gasteiger partial charge in [-0.2, -0.15) is 13.2 Å². The van der Waals surface area contributed by atoms with E-state index in [2.05, 4.69) is 10.2 Å². The Morgan fingerprint density at radius 3 is 2.57 bits per heavy atom. The third-order valence-electron chi connectivity index (χ3n) is 4.67. The molecule has 28 heavy (non-hydrogen) atoms. The van der Waals surface area contributed by atoms with Gasteiger partial charge in [0, 0.05) is 31.5 Å². The molecule has 1 aromatic heterocycles. The molecule has 2 heterocycles. The van der Waals surface area contributed by atoms with E-state index in [1.54, 1.807) is 0 Å². The van der Waals surface area contributed by atoms with Crippen LogP contribution in [0.4, 0.5) is 26.3 Å². The summed E-state index contributed by atoms with van der Waals surface area (Å²) in [6.45, 7) is -0.269. The number of nitrogens with two attached hydrogens (primary N) is 1. The van der Waals surface area contributed by atoms with Crippen LogP contribution in [0.5, 0.6) is 0 Å². The van der Waals surface area contributed by atoms with Gasteiger partial charge in [0.2, 0.25) is 11.7 Å². The van der Waals surface area contributed by atoms with Crippen molar-refractivity contribution in [3.63, 3.8) is 0 Å². The molecule has 0 spiro atoms. The first-order chi connectivity index (χ1) is 13.1. The summed E-state index contributed by atoms with van der Waals surface area (Å²) >= 11 is 0. The van der Waals surface area contributed by atoms with E-state index < -0.39 is 47.7 Å². The van der Waals surface area contributed by atoms with E-state index in [0.29, 0.717) is 6.08 Å². The molecular formula is C16H17F6N5O. The van der Waals surface area contributed by atoms with E-state index in [0.717, 1.165) is 10.6 Å². The Kier molecular flexibility index (Phi) is 5.50. The Balaban J connectivity index is 1.58. The lowest BCUT2D eigenvalue weighted by Gasteiger charge is -2.29. The van der Waals surface area contributed by atoms with Crippen molar-refractivity contribution < 1.29 is 31.1 Å². The Hall–Kier alpha value is -2.37. The molecular weight excluding hydrogens is 392 g/mol. The van der Waals surface area contributed by atoms with Crippen LogP contribution >= 0.6 is 0 Å². The largest absolute Gasteiger partial charge is 0.451 e. The molecule has 3 atom stereocenters. The topological polar surface area (TPSA) is 77.0 Å². The number of halogens is 6. The maximum Gasteiger partial charge on any atom is 0.451 e. The van der Waals surface area contributed by atoms with Crippen LogP contribution in [-0.2, 0) is 24.1 Å². The molecule has 154 valence electrons. The Bertz CT molecular complexity index is 817. The highest BCUT2D eigenvalue weighted by molar-refractivity contribution is 5.76. The highest BCUT2D eigenvalue weighted by Crippen LogP contribution is 2.31. The Morgan fingerprint density at radius 1 is 1.21 bits per heavy atom. The maximum atomic E-state index is 13.8. The molecule has 3 rings (SSSR count). The molecule has 1 amide bonds. The molecule has 1 aliphatic carbocycles. The maximum absolute atomic E-state index is 13.8. The third-order valence-corrected chi connectivity index (χ3v) is 4.67. The van der Waals surface area contributed by atoms with Crippen LogP contribution in [-0.4, -0.2) is 44.3 Å². The standard InChI is InChI=1S/C16H17F6N5O/c17-10-6-12(19)11(18)4-8(10)3-9(23)5-14(28)26-1-2-27-13(7-26)24-25-15(27)16(20,21)22/h4,6,8-10H,1-3,5,7,23H2/t8?,9-,10?/m0/s1. The fourth-order valence-corrected chi connectivity index (χ4v) is 3.27. The Morgan fingerprint density at radius 2 is 1.89 bits per heavy atom. The number of alkyl halides is 4. The Labute approximate surface area is 155 Å². The number of hydrogen-bond acceptors (Lipinski definition) is 4. The van der Waals surface area contributed by atoms with Crippen LogP contribution in [0.1, 0.15) is 24.5 Å². The molecule has 12 heteroatoms. The lowest BCUT2D eigenvalue weighted by Crippen LogP contribution is -2.42. The molecule has 2 unspecified atom stereocenters. The second-order valence-corrected chi connectivity index (χ2v) is 6.74. The number of nitrogens with zero attached hydrogens (tertiary/aromatic N) is 4. The van der Waals surface area contributed by atoms with Gasteiger partial charge in [-0.1, -0.05) is 0 Å². The van der Waals surface area contributed by atoms with Gasteiger partial charge >= 0.3 is 6.18 Å². The molecule has 0 bridgehead atoms. The van der Waals surface area contributed by atoms with Crippen molar-refractivity contribution in [2.75, 3.05) is 6.54 Å². The first-order valence-corrected chi connectivity index (χ1v) is 8.48. The average molecular weight is 409 g/mol. The van der Waals surface area contributed by atoms with Crippen LogP contribution in [0, 0.1) is 5.92 Å². The zero-order valence-corrected chi connectivity index (χ0v) is 14.5. The number of carbonyl (C=O) groups excluding carboxylic acids is 1. The van der Waals surface area contributed by atoms with Gasteiger partial charge in [-0.05, 0) is 18.6 Å². The van der Waals surface area contributed by atoms with Crippen molar-refractivity contribution in [3.05, 3.63) is 35.5 Å². The molecule has 0 aromatic carbocycles. The monoisotopic (exact) mass is 409 g/mol. The van der Waals surface area contributed by atoms with Gasteiger partial charge in [-0.15, -0.1) is 10.2 Å². The lowest BCUT2D eigenvalue weighted by molar-refractivity contribution is -0.148. The van der Waals surface area contributed by atoms with Crippen molar-refractivity contribution in [2.45, 2.75) is 44.3 Å². The molecule has 0 saturated heterocycles. The molecule has 6 nitrogen and oxygen atoms in total. The normalized spacial score (nSPS) is 23.8. The number of rotatable bonds is 4. The molecule has 0 saturated carbocycles. The van der Waals surface area contributed by atoms with Crippen molar-refractivity contribution in [2.24, 2.45) is 11.7 Å². The highest BCUT2D eigenvalue weighted by atomic mass is 19.4. The van der Waals surface area contributed by atoms with Crippen LogP contribution in [0.25, 0.3) is 0 Å². The molecule has 2 aliphatic rings. The SMILES string of the molecule is N[C@H](CC(=O)N1CCn2c(nnc2C(F)(F)F)C1)CC1C=C(F)C(F)=CC1F. The minimum absolute atomic E-state index is 0.00205. The summed E-state index contributed by atoms with van der Waals surface area (Å²) in [4.78, 5) is 13.7. The molecule has 0 fully saturated rings. The highest BCUT2D eigenvalue weighted by Gasteiger charge is 2.40. The van der Waals surface area contributed by atoms with Crippen LogP contribution in [0.3, 0.4) is 0 Å². The van der Waals surface area contributed by atoms with Gasteiger partial charge in [0.15, 0.2) is 17.5 Å². The zero-order valence-electron chi connectivity index (χ0n) is 14.5. The predicted molar refractivity (Wildman–Crippen MR) is 84.4 cm³/mol. The smallest absolute Gasteiger partial charge is 0.333 e. The van der Waals surface area contributed by atoms with Crippen molar-refractivity contribution >= 4 is 5.91 Å². The molecule has 1 aromatic rings. The van der Waals surface area contributed by atoms with Gasteiger partial charge in [-0.3, -0.25) is 4.79 Å². The third kappa shape index (κ3) is 4.21. The summed E-state index contributed by atoms with van der Waals surface area (Å²) in [5, 5.41) is 6.61. The van der Waals surface area contributed by atoms with Crippen molar-refractivity contribution in [1.82, 2.24) is 19.7 Å². The zero-order chi connectivity index (χ0) is 20.6. The van der Waals surface area contributed by atoms with E-state index >= 15 is 0 Å². The minimum atomic E-state index is -4.64. The fraction of sp³-hybridized carbons (Fsp3) is 0.562. The number of amides is 1. The van der Waals surface area contributed by atoms with Gasteiger partial charge in [0.1, 0.15) is 6.17 Å². The van der Waals surface area contributed by atoms with Crippen molar-refractivity contribution in [3.8, 4) is 0 Å². The summed E-state index contributed by atoms with van der Waals surface area (Å²) in [5.41, 5.74) is 5.85. The number of carbonyl (C=O) groups is 1. The fourth-order valence-electron chi connectivity index (χ4n) is 3.27. The lowest BCUT2D eigenvalue weighted by atomic mass is 9.90. The predicted octanol–water partition coefficient (Wildman–Crippen LogP) is 2.42. The second-order valence-electron chi connectivity index (χ2n) is 6.74. The first kappa shape index (κ1) is 20.4. The van der Waals surface area contributed by atoms with Crippen molar-refractivity contribution in [1.29, 1.82) is 0 Å². The summed E-state index contributed by atoms with van der Waals surface area (Å²) in [7, 11) is 0. The van der Waals surface area contributed by atoms with Crippen LogP contribution in [0.2, 0.25) is 0 Å². The van der Waals surface area contributed by atoms with Gasteiger partial charge in [0.25, 0.3) is 0 Å². The van der Waals surface area contributed by atoms with E-state index in [-0.39, 0.29) is 38.3 Å². The quantitative estimate of drug-likeness (QED) is 0.775. The number of allylic oxidation sites excluding steroid dienone is 4. The molecule has 0 radical (unpaired) electrons. The summed E-state index contributed by atoms with van der Waals surface area (Å²) in [6, 6.07) is -0.833.